The van der Waals surface area contributed by atoms with Crippen molar-refractivity contribution in [3.05, 3.63) is 10.8 Å². The zero-order chi connectivity index (χ0) is 11.9. The van der Waals surface area contributed by atoms with Gasteiger partial charge in [0.1, 0.15) is 5.01 Å². The Morgan fingerprint density at radius 2 is 2.12 bits per heavy atom. The molecular formula is C9H12N4O2S. The smallest absolute Gasteiger partial charge is 0.306 e. The molecule has 2 atom stereocenters. The Kier molecular flexibility index (Phi) is 2.63. The first-order valence-electron chi connectivity index (χ1n) is 4.92. The lowest BCUT2D eigenvalue weighted by Crippen LogP contribution is -2.16. The predicted molar refractivity (Wildman–Crippen MR) is 58.6 cm³/mol. The highest BCUT2D eigenvalue weighted by Crippen LogP contribution is 2.28. The number of carboxylic acids is 1. The third-order valence-electron chi connectivity index (χ3n) is 2.69. The van der Waals surface area contributed by atoms with Crippen LogP contribution in [0.25, 0.3) is 4.96 Å². The van der Waals surface area contributed by atoms with Crippen LogP contribution in [-0.2, 0) is 4.79 Å². The fourth-order valence-electron chi connectivity index (χ4n) is 1.34. The van der Waals surface area contributed by atoms with Gasteiger partial charge in [0.2, 0.25) is 4.96 Å². The number of rotatable bonds is 3. The van der Waals surface area contributed by atoms with E-state index in [-0.39, 0.29) is 5.92 Å². The molecule has 2 aromatic heterocycles. The van der Waals surface area contributed by atoms with Crippen LogP contribution < -0.4 is 0 Å². The zero-order valence-corrected chi connectivity index (χ0v) is 10.0. The number of aliphatic carboxylic acids is 1. The number of carbonyl (C=O) groups is 1. The number of nitrogens with zero attached hydrogens (tertiary/aromatic N) is 4. The van der Waals surface area contributed by atoms with Crippen LogP contribution >= 0.6 is 11.3 Å². The minimum absolute atomic E-state index is 0.122. The van der Waals surface area contributed by atoms with Crippen LogP contribution in [0.5, 0.6) is 0 Å². The number of aryl methyl sites for hydroxylation is 1. The number of carboxylic acid groups (broad SMARTS) is 1. The molecule has 86 valence electrons. The molecule has 0 fully saturated rings. The van der Waals surface area contributed by atoms with Gasteiger partial charge in [-0.15, -0.1) is 10.2 Å². The molecule has 0 aliphatic carbocycles. The van der Waals surface area contributed by atoms with Gasteiger partial charge in [-0.25, -0.2) is 0 Å². The average molecular weight is 240 g/mol. The first kappa shape index (κ1) is 11.0. The summed E-state index contributed by atoms with van der Waals surface area (Å²) in [7, 11) is 0. The highest BCUT2D eigenvalue weighted by Gasteiger charge is 2.24. The Morgan fingerprint density at radius 3 is 2.69 bits per heavy atom. The SMILES string of the molecule is Cc1nnc2sc(C(C)C(C)C(=O)O)nn12. The lowest BCUT2D eigenvalue weighted by molar-refractivity contribution is -0.141. The van der Waals surface area contributed by atoms with Crippen molar-refractivity contribution in [1.29, 1.82) is 0 Å². The first-order chi connectivity index (χ1) is 7.50. The van der Waals surface area contributed by atoms with E-state index >= 15 is 0 Å². The Hall–Kier alpha value is -1.50. The summed E-state index contributed by atoms with van der Waals surface area (Å²) in [6, 6.07) is 0. The summed E-state index contributed by atoms with van der Waals surface area (Å²) in [5, 5.41) is 21.9. The van der Waals surface area contributed by atoms with Crippen LogP contribution in [0.4, 0.5) is 0 Å². The van der Waals surface area contributed by atoms with Crippen molar-refractivity contribution in [2.24, 2.45) is 5.92 Å². The highest BCUT2D eigenvalue weighted by molar-refractivity contribution is 7.16. The van der Waals surface area contributed by atoms with Crippen LogP contribution in [0.2, 0.25) is 0 Å². The first-order valence-corrected chi connectivity index (χ1v) is 5.74. The second kappa shape index (κ2) is 3.82. The monoisotopic (exact) mass is 240 g/mol. The predicted octanol–water partition coefficient (Wildman–Crippen LogP) is 1.32. The van der Waals surface area contributed by atoms with E-state index in [0.717, 1.165) is 5.01 Å². The van der Waals surface area contributed by atoms with Crippen molar-refractivity contribution in [2.45, 2.75) is 26.7 Å². The van der Waals surface area contributed by atoms with Crippen molar-refractivity contribution in [3.8, 4) is 0 Å². The maximum atomic E-state index is 10.9. The van der Waals surface area contributed by atoms with E-state index in [4.69, 9.17) is 5.11 Å². The molecular weight excluding hydrogens is 228 g/mol. The van der Waals surface area contributed by atoms with Crippen molar-refractivity contribution in [2.75, 3.05) is 0 Å². The van der Waals surface area contributed by atoms with Crippen molar-refractivity contribution in [3.63, 3.8) is 0 Å². The molecule has 2 aromatic rings. The topological polar surface area (TPSA) is 80.4 Å². The lowest BCUT2D eigenvalue weighted by Gasteiger charge is -2.11. The van der Waals surface area contributed by atoms with Gasteiger partial charge in [-0.3, -0.25) is 4.79 Å². The summed E-state index contributed by atoms with van der Waals surface area (Å²) < 4.78 is 1.64. The van der Waals surface area contributed by atoms with E-state index in [9.17, 15) is 4.79 Å². The molecule has 1 N–H and O–H groups in total. The van der Waals surface area contributed by atoms with Gasteiger partial charge in [-0.2, -0.15) is 9.61 Å². The minimum Gasteiger partial charge on any atom is -0.481 e. The van der Waals surface area contributed by atoms with Crippen LogP contribution in [0, 0.1) is 12.8 Å². The molecule has 16 heavy (non-hydrogen) atoms. The van der Waals surface area contributed by atoms with Gasteiger partial charge < -0.3 is 5.11 Å². The van der Waals surface area contributed by atoms with Gasteiger partial charge in [0, 0.05) is 5.92 Å². The average Bonchev–Trinajstić information content (AvgIpc) is 2.79. The van der Waals surface area contributed by atoms with Gasteiger partial charge in [-0.05, 0) is 6.92 Å². The largest absolute Gasteiger partial charge is 0.481 e. The van der Waals surface area contributed by atoms with Gasteiger partial charge >= 0.3 is 5.97 Å². The van der Waals surface area contributed by atoms with Crippen LogP contribution in [-0.4, -0.2) is 30.9 Å². The molecule has 7 heteroatoms. The molecule has 0 saturated carbocycles. The second-order valence-corrected chi connectivity index (χ2v) is 4.79. The summed E-state index contributed by atoms with van der Waals surface area (Å²) in [5.74, 6) is -0.671. The van der Waals surface area contributed by atoms with E-state index in [1.807, 2.05) is 13.8 Å². The molecule has 2 heterocycles. The summed E-state index contributed by atoms with van der Waals surface area (Å²) in [4.78, 5) is 11.6. The number of hydrogen-bond acceptors (Lipinski definition) is 5. The van der Waals surface area contributed by atoms with Crippen LogP contribution in [0.1, 0.15) is 30.6 Å². The molecule has 0 spiro atoms. The molecule has 0 amide bonds. The van der Waals surface area contributed by atoms with E-state index < -0.39 is 11.9 Å². The van der Waals surface area contributed by atoms with Gasteiger partial charge in [-0.1, -0.05) is 25.2 Å². The maximum absolute atomic E-state index is 10.9. The summed E-state index contributed by atoms with van der Waals surface area (Å²) >= 11 is 1.39. The fraction of sp³-hybridized carbons (Fsp3) is 0.556. The van der Waals surface area contributed by atoms with Gasteiger partial charge in [0.15, 0.2) is 5.82 Å². The van der Waals surface area contributed by atoms with Gasteiger partial charge in [0.05, 0.1) is 5.92 Å². The summed E-state index contributed by atoms with van der Waals surface area (Å²) in [6.45, 7) is 5.36. The fourth-order valence-corrected chi connectivity index (χ4v) is 2.38. The molecule has 0 radical (unpaired) electrons. The van der Waals surface area contributed by atoms with Crippen molar-refractivity contribution >= 4 is 22.3 Å². The highest BCUT2D eigenvalue weighted by atomic mass is 32.1. The Labute approximate surface area is 95.9 Å². The number of hydrogen-bond donors (Lipinski definition) is 1. The third kappa shape index (κ3) is 1.67. The quantitative estimate of drug-likeness (QED) is 0.875. The van der Waals surface area contributed by atoms with Gasteiger partial charge in [0.25, 0.3) is 0 Å². The van der Waals surface area contributed by atoms with E-state index in [2.05, 4.69) is 15.3 Å². The van der Waals surface area contributed by atoms with Crippen molar-refractivity contribution in [1.82, 2.24) is 19.8 Å². The van der Waals surface area contributed by atoms with E-state index in [0.29, 0.717) is 10.8 Å². The summed E-state index contributed by atoms with van der Waals surface area (Å²) in [5.41, 5.74) is 0. The maximum Gasteiger partial charge on any atom is 0.306 e. The molecule has 0 bridgehead atoms. The molecule has 0 aromatic carbocycles. The van der Waals surface area contributed by atoms with E-state index in [1.54, 1.807) is 11.4 Å². The number of fused-ring (bicyclic) bond motifs is 1. The minimum atomic E-state index is -0.810. The zero-order valence-electron chi connectivity index (χ0n) is 9.21. The molecule has 2 unspecified atom stereocenters. The Balaban J connectivity index is 2.36. The molecule has 0 aliphatic heterocycles. The van der Waals surface area contributed by atoms with Crippen LogP contribution in [0.3, 0.4) is 0 Å². The summed E-state index contributed by atoms with van der Waals surface area (Å²) in [6.07, 6.45) is 0. The molecule has 2 rings (SSSR count). The third-order valence-corrected chi connectivity index (χ3v) is 3.79. The Bertz CT molecular complexity index is 533. The lowest BCUT2D eigenvalue weighted by atomic mass is 9.97. The second-order valence-electron chi connectivity index (χ2n) is 3.80. The molecule has 0 saturated heterocycles. The Morgan fingerprint density at radius 1 is 1.44 bits per heavy atom. The standard InChI is InChI=1S/C9H12N4O2S/c1-4(5(2)8(14)15)7-12-13-6(3)10-11-9(13)16-7/h4-5H,1-3H3,(H,14,15). The van der Waals surface area contributed by atoms with Crippen LogP contribution in [0.15, 0.2) is 0 Å². The van der Waals surface area contributed by atoms with Crippen molar-refractivity contribution < 1.29 is 9.90 Å². The normalized spacial score (nSPS) is 15.2. The molecule has 0 aliphatic rings. The van der Waals surface area contributed by atoms with E-state index in [1.165, 1.54) is 11.3 Å². The number of aromatic nitrogens is 4. The molecule has 6 nitrogen and oxygen atoms in total.